The number of pyridine rings is 1. The van der Waals surface area contributed by atoms with Crippen molar-refractivity contribution in [3.63, 3.8) is 0 Å². The summed E-state index contributed by atoms with van der Waals surface area (Å²) in [7, 11) is 1.72. The lowest BCUT2D eigenvalue weighted by Gasteiger charge is -2.12. The second-order valence-electron chi connectivity index (χ2n) is 6.72. The fraction of sp³-hybridized carbons (Fsp3) is 0.261. The molecule has 0 fully saturated rings. The Kier molecular flexibility index (Phi) is 6.85. The van der Waals surface area contributed by atoms with E-state index in [4.69, 9.17) is 9.47 Å². The van der Waals surface area contributed by atoms with Crippen LogP contribution in [0.2, 0.25) is 0 Å². The maximum absolute atomic E-state index is 12.2. The molecule has 3 rings (SSSR count). The number of fused-ring (bicyclic) bond motifs is 1. The first-order valence-corrected chi connectivity index (χ1v) is 9.78. The molecule has 7 heteroatoms. The van der Waals surface area contributed by atoms with Crippen LogP contribution < -0.4 is 15.6 Å². The molecule has 7 nitrogen and oxygen atoms in total. The van der Waals surface area contributed by atoms with E-state index in [1.165, 1.54) is 6.07 Å². The molecule has 0 saturated heterocycles. The van der Waals surface area contributed by atoms with Crippen molar-refractivity contribution in [2.45, 2.75) is 19.8 Å². The van der Waals surface area contributed by atoms with Crippen molar-refractivity contribution in [3.8, 4) is 5.75 Å². The summed E-state index contributed by atoms with van der Waals surface area (Å²) in [6.07, 6.45) is 0.722. The molecule has 0 atom stereocenters. The first-order chi connectivity index (χ1) is 14.5. The molecular weight excluding hydrogens is 384 g/mol. The summed E-state index contributed by atoms with van der Waals surface area (Å²) < 4.78 is 12.3. The third-order valence-electron chi connectivity index (χ3n) is 4.58. The van der Waals surface area contributed by atoms with Gasteiger partial charge in [0.1, 0.15) is 5.75 Å². The zero-order valence-electron chi connectivity index (χ0n) is 17.0. The largest absolute Gasteiger partial charge is 0.493 e. The Labute approximate surface area is 174 Å². The van der Waals surface area contributed by atoms with E-state index in [9.17, 15) is 14.4 Å². The van der Waals surface area contributed by atoms with Gasteiger partial charge in [0.15, 0.2) is 0 Å². The number of nitrogens with zero attached hydrogens (tertiary/aromatic N) is 1. The number of anilines is 1. The zero-order valence-corrected chi connectivity index (χ0v) is 17.0. The van der Waals surface area contributed by atoms with Crippen LogP contribution in [0.3, 0.4) is 0 Å². The molecule has 0 aliphatic heterocycles. The van der Waals surface area contributed by atoms with Gasteiger partial charge in [-0.05, 0) is 43.7 Å². The van der Waals surface area contributed by atoms with Gasteiger partial charge in [0, 0.05) is 30.6 Å². The fourth-order valence-corrected chi connectivity index (χ4v) is 3.08. The van der Waals surface area contributed by atoms with E-state index in [1.807, 2.05) is 24.3 Å². The quantitative estimate of drug-likeness (QED) is 0.455. The van der Waals surface area contributed by atoms with E-state index < -0.39 is 5.97 Å². The topological polar surface area (TPSA) is 86.6 Å². The molecule has 0 spiro atoms. The molecule has 0 aliphatic rings. The van der Waals surface area contributed by atoms with Crippen LogP contribution in [0.1, 0.15) is 30.1 Å². The summed E-state index contributed by atoms with van der Waals surface area (Å²) in [5.74, 6) is -0.104. The van der Waals surface area contributed by atoms with Gasteiger partial charge in [-0.1, -0.05) is 18.2 Å². The van der Waals surface area contributed by atoms with Crippen molar-refractivity contribution in [2.24, 2.45) is 7.05 Å². The Morgan fingerprint density at radius 1 is 1.07 bits per heavy atom. The fourth-order valence-electron chi connectivity index (χ4n) is 3.08. The number of aryl methyl sites for hydroxylation is 1. The third-order valence-corrected chi connectivity index (χ3v) is 4.58. The first-order valence-electron chi connectivity index (χ1n) is 9.78. The normalized spacial score (nSPS) is 10.6. The van der Waals surface area contributed by atoms with Crippen LogP contribution in [0.25, 0.3) is 10.9 Å². The first kappa shape index (κ1) is 21.1. The van der Waals surface area contributed by atoms with Crippen molar-refractivity contribution in [1.29, 1.82) is 0 Å². The average molecular weight is 408 g/mol. The Bertz CT molecular complexity index is 1120. The van der Waals surface area contributed by atoms with E-state index in [0.29, 0.717) is 30.0 Å². The molecule has 2 aromatic carbocycles. The van der Waals surface area contributed by atoms with Crippen LogP contribution in [-0.4, -0.2) is 29.7 Å². The molecule has 3 aromatic rings. The van der Waals surface area contributed by atoms with Crippen molar-refractivity contribution in [3.05, 3.63) is 70.5 Å². The molecular formula is C23H24N2O5. The van der Waals surface area contributed by atoms with Crippen LogP contribution >= 0.6 is 0 Å². The van der Waals surface area contributed by atoms with Gasteiger partial charge >= 0.3 is 5.97 Å². The number of ether oxygens (including phenoxy) is 2. The second-order valence-corrected chi connectivity index (χ2v) is 6.72. The third kappa shape index (κ3) is 5.05. The van der Waals surface area contributed by atoms with Crippen molar-refractivity contribution in [2.75, 3.05) is 18.5 Å². The van der Waals surface area contributed by atoms with Gasteiger partial charge < -0.3 is 19.4 Å². The summed E-state index contributed by atoms with van der Waals surface area (Å²) in [5, 5.41) is 3.62. The molecule has 1 aromatic heterocycles. The zero-order chi connectivity index (χ0) is 21.5. The number of rotatable bonds is 8. The highest BCUT2D eigenvalue weighted by Gasteiger charge is 2.10. The molecule has 1 N–H and O–H groups in total. The summed E-state index contributed by atoms with van der Waals surface area (Å²) in [5.41, 5.74) is 1.56. The van der Waals surface area contributed by atoms with Gasteiger partial charge in [0.2, 0.25) is 5.91 Å². The average Bonchev–Trinajstić information content (AvgIpc) is 2.75. The summed E-state index contributed by atoms with van der Waals surface area (Å²) in [6, 6.07) is 15.6. The van der Waals surface area contributed by atoms with E-state index in [0.717, 1.165) is 10.9 Å². The Hall–Kier alpha value is -3.61. The number of hydrogen-bond donors (Lipinski definition) is 1. The highest BCUT2D eigenvalue weighted by atomic mass is 16.5. The number of carbonyl (C=O) groups excluding carboxylic acids is 2. The molecule has 30 heavy (non-hydrogen) atoms. The molecule has 156 valence electrons. The van der Waals surface area contributed by atoms with Crippen LogP contribution in [-0.2, 0) is 16.6 Å². The lowest BCUT2D eigenvalue weighted by molar-refractivity contribution is -0.116. The Balaban J connectivity index is 1.54. The molecule has 0 aliphatic carbocycles. The van der Waals surface area contributed by atoms with E-state index in [1.54, 1.807) is 42.8 Å². The lowest BCUT2D eigenvalue weighted by atomic mass is 10.2. The predicted molar refractivity (Wildman–Crippen MR) is 115 cm³/mol. The van der Waals surface area contributed by atoms with E-state index in [2.05, 4.69) is 5.32 Å². The van der Waals surface area contributed by atoms with Crippen molar-refractivity contribution in [1.82, 2.24) is 4.57 Å². The SMILES string of the molecule is CCOC(=O)c1cccc(NC(=O)CCCOc2cc(=O)n(C)c3ccccc23)c1. The van der Waals surface area contributed by atoms with Crippen LogP contribution in [0.4, 0.5) is 5.69 Å². The smallest absolute Gasteiger partial charge is 0.338 e. The molecule has 0 unspecified atom stereocenters. The van der Waals surface area contributed by atoms with E-state index in [-0.39, 0.29) is 24.5 Å². The maximum atomic E-state index is 12.2. The summed E-state index contributed by atoms with van der Waals surface area (Å²) >= 11 is 0. The number of hydrogen-bond acceptors (Lipinski definition) is 5. The van der Waals surface area contributed by atoms with Crippen molar-refractivity contribution >= 4 is 28.5 Å². The van der Waals surface area contributed by atoms with Gasteiger partial charge in [-0.2, -0.15) is 0 Å². The molecule has 1 heterocycles. The minimum Gasteiger partial charge on any atom is -0.493 e. The Morgan fingerprint density at radius 2 is 1.87 bits per heavy atom. The number of amides is 1. The lowest BCUT2D eigenvalue weighted by Crippen LogP contribution is -2.17. The Morgan fingerprint density at radius 3 is 2.67 bits per heavy atom. The standard InChI is InChI=1S/C23H24N2O5/c1-3-29-23(28)16-8-6-9-17(14-16)24-21(26)12-7-13-30-20-15-22(27)25(2)19-11-5-4-10-18(19)20/h4-6,8-11,14-15H,3,7,12-13H2,1-2H3,(H,24,26). The minimum atomic E-state index is -0.428. The number of carbonyl (C=O) groups is 2. The van der Waals surface area contributed by atoms with E-state index >= 15 is 0 Å². The number of para-hydroxylation sites is 1. The monoisotopic (exact) mass is 408 g/mol. The highest BCUT2D eigenvalue weighted by molar-refractivity contribution is 5.94. The molecule has 0 saturated carbocycles. The second kappa shape index (κ2) is 9.73. The van der Waals surface area contributed by atoms with Crippen molar-refractivity contribution < 1.29 is 19.1 Å². The maximum Gasteiger partial charge on any atom is 0.338 e. The predicted octanol–water partition coefficient (Wildman–Crippen LogP) is 3.51. The van der Waals surface area contributed by atoms with Gasteiger partial charge in [-0.3, -0.25) is 9.59 Å². The van der Waals surface area contributed by atoms with Gasteiger partial charge in [0.25, 0.3) is 5.56 Å². The van der Waals surface area contributed by atoms with Gasteiger partial charge in [-0.15, -0.1) is 0 Å². The molecule has 0 bridgehead atoms. The minimum absolute atomic E-state index is 0.150. The highest BCUT2D eigenvalue weighted by Crippen LogP contribution is 2.23. The number of benzene rings is 2. The number of esters is 1. The van der Waals surface area contributed by atoms with Crippen LogP contribution in [0.5, 0.6) is 5.75 Å². The van der Waals surface area contributed by atoms with Gasteiger partial charge in [-0.25, -0.2) is 4.79 Å². The molecule has 1 amide bonds. The van der Waals surface area contributed by atoms with Gasteiger partial charge in [0.05, 0.1) is 24.3 Å². The molecule has 0 radical (unpaired) electrons. The number of aromatic nitrogens is 1. The van der Waals surface area contributed by atoms with Crippen LogP contribution in [0.15, 0.2) is 59.4 Å². The number of nitrogens with one attached hydrogen (secondary N) is 1. The van der Waals surface area contributed by atoms with Crippen LogP contribution in [0, 0.1) is 0 Å². The summed E-state index contributed by atoms with van der Waals surface area (Å²) in [4.78, 5) is 36.1. The summed E-state index contributed by atoms with van der Waals surface area (Å²) in [6.45, 7) is 2.33.